The molecule has 0 fully saturated rings. The van der Waals surface area contributed by atoms with Crippen LogP contribution in [0.25, 0.3) is 0 Å². The predicted octanol–water partition coefficient (Wildman–Crippen LogP) is 2.23. The molecule has 0 aliphatic carbocycles. The number of benzene rings is 2. The average molecular weight is 476 g/mol. The number of nitrogens with one attached hydrogen (secondary N) is 2. The van der Waals surface area contributed by atoms with E-state index in [1.807, 2.05) is 54.2 Å². The molecule has 0 saturated heterocycles. The molecule has 35 heavy (non-hydrogen) atoms. The lowest BCUT2D eigenvalue weighted by atomic mass is 10.1. The van der Waals surface area contributed by atoms with Gasteiger partial charge in [-0.1, -0.05) is 36.4 Å². The van der Waals surface area contributed by atoms with Crippen molar-refractivity contribution in [3.8, 4) is 0 Å². The van der Waals surface area contributed by atoms with Crippen LogP contribution in [0.1, 0.15) is 33.6 Å². The van der Waals surface area contributed by atoms with E-state index >= 15 is 0 Å². The third-order valence-electron chi connectivity index (χ3n) is 5.99. The second kappa shape index (κ2) is 10.9. The first-order chi connectivity index (χ1) is 16.9. The minimum Gasteiger partial charge on any atom is -0.481 e. The van der Waals surface area contributed by atoms with E-state index in [1.54, 1.807) is 23.4 Å². The van der Waals surface area contributed by atoms with Crippen molar-refractivity contribution >= 4 is 23.5 Å². The van der Waals surface area contributed by atoms with Crippen LogP contribution in [-0.4, -0.2) is 56.5 Å². The number of aryl methyl sites for hydroxylation is 1. The third kappa shape index (κ3) is 6.26. The number of fused-ring (bicyclic) bond motifs is 1. The minimum atomic E-state index is -1.06. The maximum atomic E-state index is 13.2. The summed E-state index contributed by atoms with van der Waals surface area (Å²) in [4.78, 5) is 43.3. The molecule has 1 aliphatic heterocycles. The normalized spacial score (nSPS) is 15.2. The highest BCUT2D eigenvalue weighted by atomic mass is 16.4. The van der Waals surface area contributed by atoms with Crippen molar-refractivity contribution in [2.45, 2.75) is 31.8 Å². The Balaban J connectivity index is 1.47. The van der Waals surface area contributed by atoms with E-state index in [0.29, 0.717) is 43.7 Å². The summed E-state index contributed by atoms with van der Waals surface area (Å²) in [5.41, 5.74) is 3.87. The number of anilines is 1. The van der Waals surface area contributed by atoms with Crippen LogP contribution in [-0.2, 0) is 36.0 Å². The highest BCUT2D eigenvalue weighted by Gasteiger charge is 2.31. The van der Waals surface area contributed by atoms with Crippen molar-refractivity contribution < 1.29 is 19.5 Å². The van der Waals surface area contributed by atoms with E-state index in [9.17, 15) is 19.5 Å². The fourth-order valence-corrected chi connectivity index (χ4v) is 4.16. The number of rotatable bonds is 9. The Kier molecular flexibility index (Phi) is 7.45. The van der Waals surface area contributed by atoms with Gasteiger partial charge < -0.3 is 25.2 Å². The standard InChI is InChI=1S/C26H29N5O4/c1-30-16-21(28-17-30)9-11-27-25(34)19-7-8-20-15-31(12-10-18-5-3-2-4-6-18)26(35)23(14-24(32)33)29-22(20)13-19/h2-8,13,16-17,23,29H,9-12,14-15H2,1H3,(H,27,34)(H,32,33)/t23-/m1/s1. The van der Waals surface area contributed by atoms with Crippen molar-refractivity contribution in [3.05, 3.63) is 83.4 Å². The Labute approximate surface area is 203 Å². The molecule has 0 radical (unpaired) electrons. The van der Waals surface area contributed by atoms with Crippen molar-refractivity contribution in [1.82, 2.24) is 19.8 Å². The minimum absolute atomic E-state index is 0.239. The summed E-state index contributed by atoms with van der Waals surface area (Å²) in [6.45, 7) is 1.25. The van der Waals surface area contributed by atoms with Gasteiger partial charge in [0.05, 0.1) is 18.4 Å². The Morgan fingerprint density at radius 2 is 1.97 bits per heavy atom. The molecule has 3 aromatic rings. The van der Waals surface area contributed by atoms with Crippen molar-refractivity contribution in [2.24, 2.45) is 7.05 Å². The maximum Gasteiger partial charge on any atom is 0.305 e. The van der Waals surface area contributed by atoms with Gasteiger partial charge in [-0.25, -0.2) is 4.98 Å². The fourth-order valence-electron chi connectivity index (χ4n) is 4.16. The highest BCUT2D eigenvalue weighted by molar-refractivity contribution is 5.96. The molecule has 1 aliphatic rings. The number of amides is 2. The summed E-state index contributed by atoms with van der Waals surface area (Å²) in [5, 5.41) is 15.3. The maximum absolute atomic E-state index is 13.2. The van der Waals surface area contributed by atoms with Crippen LogP contribution in [0.5, 0.6) is 0 Å². The van der Waals surface area contributed by atoms with Gasteiger partial charge in [0.1, 0.15) is 6.04 Å². The number of hydrogen-bond acceptors (Lipinski definition) is 5. The molecule has 2 heterocycles. The summed E-state index contributed by atoms with van der Waals surface area (Å²) in [5.74, 6) is -1.57. The molecule has 3 N–H and O–H groups in total. The Morgan fingerprint density at radius 1 is 1.17 bits per heavy atom. The zero-order chi connectivity index (χ0) is 24.8. The number of carbonyl (C=O) groups is 3. The van der Waals surface area contributed by atoms with E-state index in [1.165, 1.54) is 0 Å². The SMILES string of the molecule is Cn1cnc(CCNC(=O)c2ccc3c(c2)N[C@H](CC(=O)O)C(=O)N(CCc2ccccc2)C3)c1. The van der Waals surface area contributed by atoms with Gasteiger partial charge in [0, 0.05) is 50.6 Å². The van der Waals surface area contributed by atoms with E-state index < -0.39 is 12.0 Å². The van der Waals surface area contributed by atoms with Crippen molar-refractivity contribution in [1.29, 1.82) is 0 Å². The van der Waals surface area contributed by atoms with Crippen LogP contribution in [0, 0.1) is 0 Å². The smallest absolute Gasteiger partial charge is 0.305 e. The van der Waals surface area contributed by atoms with E-state index in [4.69, 9.17) is 0 Å². The molecule has 2 amide bonds. The predicted molar refractivity (Wildman–Crippen MR) is 131 cm³/mol. The van der Waals surface area contributed by atoms with Crippen LogP contribution < -0.4 is 10.6 Å². The Bertz CT molecular complexity index is 1210. The number of hydrogen-bond donors (Lipinski definition) is 3. The molecule has 0 bridgehead atoms. The van der Waals surface area contributed by atoms with E-state index in [-0.39, 0.29) is 18.2 Å². The number of carboxylic acid groups (broad SMARTS) is 1. The second-order valence-electron chi connectivity index (χ2n) is 8.70. The van der Waals surface area contributed by atoms with Gasteiger partial charge in [0.2, 0.25) is 5.91 Å². The third-order valence-corrected chi connectivity index (χ3v) is 5.99. The molecule has 0 saturated carbocycles. The zero-order valence-corrected chi connectivity index (χ0v) is 19.6. The van der Waals surface area contributed by atoms with Gasteiger partial charge in [-0.05, 0) is 29.7 Å². The summed E-state index contributed by atoms with van der Waals surface area (Å²) in [6.07, 6.45) is 4.55. The first-order valence-electron chi connectivity index (χ1n) is 11.6. The lowest BCUT2D eigenvalue weighted by Crippen LogP contribution is -2.42. The number of carbonyl (C=O) groups excluding carboxylic acids is 2. The quantitative estimate of drug-likeness (QED) is 0.437. The number of carboxylic acids is 1. The molecule has 0 unspecified atom stereocenters. The van der Waals surface area contributed by atoms with Crippen LogP contribution in [0.3, 0.4) is 0 Å². The van der Waals surface area contributed by atoms with Gasteiger partial charge in [-0.15, -0.1) is 0 Å². The van der Waals surface area contributed by atoms with Gasteiger partial charge >= 0.3 is 5.97 Å². The molecular weight excluding hydrogens is 446 g/mol. The molecule has 0 spiro atoms. The topological polar surface area (TPSA) is 117 Å². The first kappa shape index (κ1) is 24.0. The number of nitrogens with zero attached hydrogens (tertiary/aromatic N) is 3. The number of aliphatic carboxylic acids is 1. The van der Waals surface area contributed by atoms with Gasteiger partial charge in [-0.3, -0.25) is 14.4 Å². The Morgan fingerprint density at radius 3 is 2.69 bits per heavy atom. The molecule has 1 aromatic heterocycles. The first-order valence-corrected chi connectivity index (χ1v) is 11.6. The molecule has 9 nitrogen and oxygen atoms in total. The average Bonchev–Trinajstić information content (AvgIpc) is 3.21. The summed E-state index contributed by atoms with van der Waals surface area (Å²) < 4.78 is 1.85. The van der Waals surface area contributed by atoms with Gasteiger partial charge in [-0.2, -0.15) is 0 Å². The molecule has 2 aromatic carbocycles. The summed E-state index contributed by atoms with van der Waals surface area (Å²) >= 11 is 0. The van der Waals surface area contributed by atoms with Gasteiger partial charge in [0.25, 0.3) is 5.91 Å². The molecule has 1 atom stereocenters. The second-order valence-corrected chi connectivity index (χ2v) is 8.70. The lowest BCUT2D eigenvalue weighted by molar-refractivity contribution is -0.141. The summed E-state index contributed by atoms with van der Waals surface area (Å²) in [7, 11) is 1.89. The number of imidazole rings is 1. The molecule has 4 rings (SSSR count). The van der Waals surface area contributed by atoms with E-state index in [0.717, 1.165) is 16.8 Å². The van der Waals surface area contributed by atoms with Crippen LogP contribution in [0.4, 0.5) is 5.69 Å². The number of aromatic nitrogens is 2. The Hall–Kier alpha value is -4.14. The largest absolute Gasteiger partial charge is 0.481 e. The van der Waals surface area contributed by atoms with E-state index in [2.05, 4.69) is 15.6 Å². The molecular formula is C26H29N5O4. The highest BCUT2D eigenvalue weighted by Crippen LogP contribution is 2.26. The van der Waals surface area contributed by atoms with Gasteiger partial charge in [0.15, 0.2) is 0 Å². The van der Waals surface area contributed by atoms with Crippen LogP contribution in [0.2, 0.25) is 0 Å². The van der Waals surface area contributed by atoms with Crippen molar-refractivity contribution in [2.75, 3.05) is 18.4 Å². The molecule has 9 heteroatoms. The van der Waals surface area contributed by atoms with Crippen LogP contribution >= 0.6 is 0 Å². The summed E-state index contributed by atoms with van der Waals surface area (Å²) in [6, 6.07) is 14.2. The molecule has 182 valence electrons. The van der Waals surface area contributed by atoms with Crippen LogP contribution in [0.15, 0.2) is 61.1 Å². The zero-order valence-electron chi connectivity index (χ0n) is 19.6. The lowest BCUT2D eigenvalue weighted by Gasteiger charge is -2.24. The monoisotopic (exact) mass is 475 g/mol. The van der Waals surface area contributed by atoms with Crippen molar-refractivity contribution in [3.63, 3.8) is 0 Å². The fraction of sp³-hybridized carbons (Fsp3) is 0.308.